The minimum atomic E-state index is -3.71. The van der Waals surface area contributed by atoms with Crippen molar-refractivity contribution in [2.75, 3.05) is 44.7 Å². The number of fused-ring (bicyclic) bond motifs is 4. The molecule has 0 radical (unpaired) electrons. The molecule has 1 amide bonds. The highest BCUT2D eigenvalue weighted by atomic mass is 32.2. The fraction of sp³-hybridized carbons (Fsp3) is 0.400. The molecule has 2 bridgehead atoms. The zero-order chi connectivity index (χ0) is 27.9. The van der Waals surface area contributed by atoms with Crippen molar-refractivity contribution in [1.82, 2.24) is 13.8 Å². The van der Waals surface area contributed by atoms with Gasteiger partial charge >= 0.3 is 0 Å². The van der Waals surface area contributed by atoms with Crippen molar-refractivity contribution in [2.24, 2.45) is 5.92 Å². The number of rotatable bonds is 6. The van der Waals surface area contributed by atoms with Crippen molar-refractivity contribution in [3.8, 4) is 11.1 Å². The standard InChI is InChI=1S/C30H34N4O5S/c1-21(35)31-25-6-8-26(9-7-25)40(37,38)33-17-22-16-24(20-33)29-11-10-28(30(36)34(29)18-22)27-5-3-2-4-23(27)19-32-12-14-39-15-13-32/h2-11,22,24H,12-20H2,1H3,(H,31,35)/t22-,24+/m0/s1. The van der Waals surface area contributed by atoms with Crippen molar-refractivity contribution < 1.29 is 17.9 Å². The van der Waals surface area contributed by atoms with Crippen molar-refractivity contribution in [3.05, 3.63) is 82.3 Å². The van der Waals surface area contributed by atoms with E-state index >= 15 is 0 Å². The van der Waals surface area contributed by atoms with E-state index < -0.39 is 10.0 Å². The number of sulfonamides is 1. The number of hydrogen-bond donors (Lipinski definition) is 1. The highest BCUT2D eigenvalue weighted by Gasteiger charge is 2.40. The summed E-state index contributed by atoms with van der Waals surface area (Å²) in [4.78, 5) is 27.7. The van der Waals surface area contributed by atoms with Gasteiger partial charge in [-0.2, -0.15) is 4.31 Å². The lowest BCUT2D eigenvalue weighted by Crippen LogP contribution is -2.49. The second kappa shape index (κ2) is 10.9. The molecule has 10 heteroatoms. The third kappa shape index (κ3) is 5.24. The monoisotopic (exact) mass is 562 g/mol. The van der Waals surface area contributed by atoms with Gasteiger partial charge in [0.05, 0.1) is 18.1 Å². The van der Waals surface area contributed by atoms with Crippen LogP contribution < -0.4 is 10.9 Å². The van der Waals surface area contributed by atoms with Gasteiger partial charge in [-0.05, 0) is 59.9 Å². The Morgan fingerprint density at radius 1 is 0.950 bits per heavy atom. The van der Waals surface area contributed by atoms with E-state index in [-0.39, 0.29) is 28.2 Å². The Balaban J connectivity index is 1.26. The quantitative estimate of drug-likeness (QED) is 0.496. The molecule has 2 aromatic carbocycles. The number of benzene rings is 2. The van der Waals surface area contributed by atoms with Gasteiger partial charge in [0, 0.05) is 69.1 Å². The first kappa shape index (κ1) is 26.9. The van der Waals surface area contributed by atoms with Crippen molar-refractivity contribution in [3.63, 3.8) is 0 Å². The normalized spacial score (nSPS) is 21.5. The molecule has 0 saturated carbocycles. The Hall–Kier alpha value is -3.31. The number of amides is 1. The van der Waals surface area contributed by atoms with E-state index in [1.165, 1.54) is 19.1 Å². The second-order valence-electron chi connectivity index (χ2n) is 11.0. The molecule has 3 aliphatic heterocycles. The number of aromatic nitrogens is 1. The highest BCUT2D eigenvalue weighted by Crippen LogP contribution is 2.38. The number of pyridine rings is 1. The van der Waals surface area contributed by atoms with Gasteiger partial charge in [-0.25, -0.2) is 8.42 Å². The molecular formula is C30H34N4O5S. The van der Waals surface area contributed by atoms with Crippen LogP contribution in [0.3, 0.4) is 0 Å². The summed E-state index contributed by atoms with van der Waals surface area (Å²) in [5, 5.41) is 2.66. The predicted octanol–water partition coefficient (Wildman–Crippen LogP) is 3.11. The van der Waals surface area contributed by atoms with E-state index in [1.54, 1.807) is 16.4 Å². The van der Waals surface area contributed by atoms with Crippen molar-refractivity contribution in [1.29, 1.82) is 0 Å². The Labute approximate surface area is 234 Å². The molecule has 3 aromatic rings. The van der Waals surface area contributed by atoms with E-state index in [1.807, 2.05) is 34.9 Å². The summed E-state index contributed by atoms with van der Waals surface area (Å²) < 4.78 is 36.0. The molecule has 0 aliphatic carbocycles. The summed E-state index contributed by atoms with van der Waals surface area (Å²) in [5.74, 6) is -0.209. The summed E-state index contributed by atoms with van der Waals surface area (Å²) in [7, 11) is -3.71. The van der Waals surface area contributed by atoms with Crippen LogP contribution in [0.5, 0.6) is 0 Å². The van der Waals surface area contributed by atoms with Crippen LogP contribution in [0.15, 0.2) is 70.4 Å². The molecule has 2 atom stereocenters. The molecule has 9 nitrogen and oxygen atoms in total. The predicted molar refractivity (Wildman–Crippen MR) is 153 cm³/mol. The molecule has 2 fully saturated rings. The third-order valence-electron chi connectivity index (χ3n) is 8.19. The zero-order valence-electron chi connectivity index (χ0n) is 22.6. The van der Waals surface area contributed by atoms with Gasteiger partial charge in [0.2, 0.25) is 15.9 Å². The lowest BCUT2D eigenvalue weighted by molar-refractivity contribution is -0.114. The van der Waals surface area contributed by atoms with Crippen LogP contribution in [0.25, 0.3) is 11.1 Å². The molecule has 1 N–H and O–H groups in total. The lowest BCUT2D eigenvalue weighted by Gasteiger charge is -2.42. The van der Waals surface area contributed by atoms with Gasteiger partial charge < -0.3 is 14.6 Å². The minimum absolute atomic E-state index is 0.00788. The van der Waals surface area contributed by atoms with E-state index in [0.29, 0.717) is 30.9 Å². The molecule has 0 spiro atoms. The summed E-state index contributed by atoms with van der Waals surface area (Å²) >= 11 is 0. The maximum atomic E-state index is 13.9. The fourth-order valence-corrected chi connectivity index (χ4v) is 7.85. The van der Waals surface area contributed by atoms with Crippen LogP contribution in [0.1, 0.15) is 30.5 Å². The maximum Gasteiger partial charge on any atom is 0.258 e. The summed E-state index contributed by atoms with van der Waals surface area (Å²) in [6.07, 6.45) is 0.861. The number of nitrogens with zero attached hydrogens (tertiary/aromatic N) is 3. The molecule has 4 heterocycles. The van der Waals surface area contributed by atoms with Crippen LogP contribution in [-0.2, 0) is 32.6 Å². The van der Waals surface area contributed by atoms with Crippen LogP contribution in [-0.4, -0.2) is 67.5 Å². The number of carbonyl (C=O) groups excluding carboxylic acids is 1. The van der Waals surface area contributed by atoms with Gasteiger partial charge in [0.15, 0.2) is 0 Å². The number of anilines is 1. The molecule has 2 saturated heterocycles. The van der Waals surface area contributed by atoms with Gasteiger partial charge in [0.25, 0.3) is 5.56 Å². The third-order valence-corrected chi connectivity index (χ3v) is 10.0. The van der Waals surface area contributed by atoms with E-state index in [0.717, 1.165) is 56.1 Å². The summed E-state index contributed by atoms with van der Waals surface area (Å²) in [6.45, 7) is 6.58. The highest BCUT2D eigenvalue weighted by molar-refractivity contribution is 7.89. The van der Waals surface area contributed by atoms with Gasteiger partial charge in [0.1, 0.15) is 0 Å². The van der Waals surface area contributed by atoms with E-state index in [9.17, 15) is 18.0 Å². The molecule has 210 valence electrons. The van der Waals surface area contributed by atoms with Gasteiger partial charge in [-0.3, -0.25) is 14.5 Å². The Kier molecular flexibility index (Phi) is 7.35. The summed E-state index contributed by atoms with van der Waals surface area (Å²) in [6, 6.07) is 18.3. The first-order chi connectivity index (χ1) is 19.3. The molecule has 3 aliphatic rings. The lowest BCUT2D eigenvalue weighted by atomic mass is 9.83. The molecular weight excluding hydrogens is 528 g/mol. The van der Waals surface area contributed by atoms with E-state index in [4.69, 9.17) is 4.74 Å². The van der Waals surface area contributed by atoms with Crippen LogP contribution in [0.4, 0.5) is 5.69 Å². The number of hydrogen-bond acceptors (Lipinski definition) is 6. The van der Waals surface area contributed by atoms with Crippen molar-refractivity contribution >= 4 is 21.6 Å². The first-order valence-corrected chi connectivity index (χ1v) is 15.2. The molecule has 0 unspecified atom stereocenters. The van der Waals surface area contributed by atoms with Crippen LogP contribution in [0.2, 0.25) is 0 Å². The first-order valence-electron chi connectivity index (χ1n) is 13.8. The maximum absolute atomic E-state index is 13.9. The van der Waals surface area contributed by atoms with Gasteiger partial charge in [-0.15, -0.1) is 0 Å². The minimum Gasteiger partial charge on any atom is -0.379 e. The topological polar surface area (TPSA) is 101 Å². The Morgan fingerprint density at radius 3 is 2.45 bits per heavy atom. The van der Waals surface area contributed by atoms with E-state index in [2.05, 4.69) is 16.3 Å². The average Bonchev–Trinajstić information content (AvgIpc) is 2.95. The largest absolute Gasteiger partial charge is 0.379 e. The SMILES string of the molecule is CC(=O)Nc1ccc(S(=O)(=O)N2C[C@@H]3C[C@H](C2)c2ccc(-c4ccccc4CN4CCOCC4)c(=O)n2C3)cc1. The molecule has 1 aromatic heterocycles. The van der Waals surface area contributed by atoms with Crippen LogP contribution in [0, 0.1) is 5.92 Å². The Bertz CT molecular complexity index is 1580. The van der Waals surface area contributed by atoms with Crippen molar-refractivity contribution in [2.45, 2.75) is 37.2 Å². The number of piperidine rings is 1. The number of nitrogens with one attached hydrogen (secondary N) is 1. The summed E-state index contributed by atoms with van der Waals surface area (Å²) in [5.41, 5.74) is 4.22. The molecule has 6 rings (SSSR count). The number of morpholine rings is 1. The fourth-order valence-electron chi connectivity index (χ4n) is 6.29. The number of carbonyl (C=O) groups is 1. The zero-order valence-corrected chi connectivity index (χ0v) is 23.4. The number of ether oxygens (including phenoxy) is 1. The second-order valence-corrected chi connectivity index (χ2v) is 12.9. The average molecular weight is 563 g/mol. The molecule has 40 heavy (non-hydrogen) atoms. The Morgan fingerprint density at radius 2 is 1.70 bits per heavy atom. The van der Waals surface area contributed by atoms with Gasteiger partial charge in [-0.1, -0.05) is 24.3 Å². The smallest absolute Gasteiger partial charge is 0.258 e. The van der Waals surface area contributed by atoms with Crippen LogP contribution >= 0.6 is 0 Å².